The number of urea groups is 2. The van der Waals surface area contributed by atoms with Gasteiger partial charge in [0.05, 0.1) is 171 Å². The summed E-state index contributed by atoms with van der Waals surface area (Å²) in [5.41, 5.74) is -4.54. The number of hydrogen-bond donors (Lipinski definition) is 6. The number of nitrogens with zero attached hydrogens (tertiary/aromatic N) is 4. The molecule has 4 aromatic carbocycles. The summed E-state index contributed by atoms with van der Waals surface area (Å²) >= 11 is 0. The predicted octanol–water partition coefficient (Wildman–Crippen LogP) is 6.39. The Bertz CT molecular complexity index is 3750. The summed E-state index contributed by atoms with van der Waals surface area (Å²) in [5.74, 6) is -1.74. The monoisotopic (exact) mass is 1470 g/mol. The van der Waals surface area contributed by atoms with Crippen LogP contribution >= 0.6 is 0 Å². The van der Waals surface area contributed by atoms with Crippen molar-refractivity contribution in [1.82, 2.24) is 41.0 Å². The fourth-order valence-electron chi connectivity index (χ4n) is 9.33. The first kappa shape index (κ1) is 81.8. The molecule has 2 unspecified atom stereocenters. The predicted molar refractivity (Wildman–Crippen MR) is 358 cm³/mol. The first-order valence-electron chi connectivity index (χ1n) is 32.0. The van der Waals surface area contributed by atoms with Gasteiger partial charge in [0, 0.05) is 71.8 Å². The highest BCUT2D eigenvalue weighted by Crippen LogP contribution is 2.33. The molecule has 0 aliphatic rings. The third-order valence-corrected chi connectivity index (χ3v) is 17.5. The molecule has 102 heavy (non-hydrogen) atoms. The van der Waals surface area contributed by atoms with Gasteiger partial charge in [-0.1, -0.05) is 12.1 Å². The molecule has 6 amide bonds. The Labute approximate surface area is 588 Å². The smallest absolute Gasteiger partial charge is 0.377 e. The zero-order valence-electron chi connectivity index (χ0n) is 55.8. The number of unbranched alkanes of at least 4 members (excludes halogenated alkanes) is 1. The topological polar surface area (TPSA) is 340 Å². The zero-order chi connectivity index (χ0) is 73.9. The summed E-state index contributed by atoms with van der Waals surface area (Å²) in [6, 6.07) is 25.0. The van der Waals surface area contributed by atoms with E-state index in [2.05, 4.69) is 31.9 Å². The Hall–Kier alpha value is -9.20. The lowest BCUT2D eigenvalue weighted by atomic mass is 10.1. The maximum atomic E-state index is 13.8. The van der Waals surface area contributed by atoms with Crippen LogP contribution in [0.1, 0.15) is 67.2 Å². The summed E-state index contributed by atoms with van der Waals surface area (Å²) in [4.78, 5) is 78.9. The highest BCUT2D eigenvalue weighted by Gasteiger charge is 2.33. The molecule has 550 valence electrons. The average molecular weight is 1470 g/mol. The third-order valence-electron chi connectivity index (χ3n) is 14.5. The number of carbonyl (C=O) groups is 4. The van der Waals surface area contributed by atoms with Gasteiger partial charge in [0.15, 0.2) is 0 Å². The molecule has 6 aromatic rings. The Morgan fingerprint density at radius 3 is 0.990 bits per heavy atom. The molecule has 6 N–H and O–H groups in total. The number of nitriles is 2. The van der Waals surface area contributed by atoms with Gasteiger partial charge in [0.1, 0.15) is 11.1 Å². The molecule has 0 fully saturated rings. The molecule has 2 aromatic heterocycles. The standard InChI is InChI=1S/C68H78F6N10O16S2/c1-47-59(101(91)55-15-11-49(45-75)12-16-55)43-57(63(87)83(47)53-9-5-7-51(41-53)67(69,70)71)61(85)77-21-25-93-29-33-97-37-39-99-35-31-95-27-23-81-65(89)79-19-3-4-20-80-66(90)82-24-28-96-32-36-100-40-38-98-34-30-94-26-22-78-62(86)58-44-60(102(92)56-17-13-50(46-76)14-18-56)48(2)84(64(58)88)54-10-6-8-52(42-54)68(72,73)74/h5-18,41-44H,3-4,19-40H2,1-2H3,(H,77,85)(H,78,86)(H2,79,81,89)(H2,80,82,90). The van der Waals surface area contributed by atoms with Crippen LogP contribution in [0.2, 0.25) is 0 Å². The number of ether oxygens (including phenoxy) is 8. The molecule has 0 aliphatic heterocycles. The van der Waals surface area contributed by atoms with E-state index in [-0.39, 0.29) is 186 Å². The van der Waals surface area contributed by atoms with Crippen LogP contribution in [0.5, 0.6) is 0 Å². The van der Waals surface area contributed by atoms with Gasteiger partial charge in [0.2, 0.25) is 0 Å². The van der Waals surface area contributed by atoms with E-state index < -0.39 is 79.1 Å². The molecule has 26 nitrogen and oxygen atoms in total. The Kier molecular flexibility index (Phi) is 34.4. The minimum Gasteiger partial charge on any atom is -0.377 e. The summed E-state index contributed by atoms with van der Waals surface area (Å²) in [7, 11) is -4.02. The second-order valence-corrected chi connectivity index (χ2v) is 24.6. The van der Waals surface area contributed by atoms with Crippen LogP contribution in [-0.4, -0.2) is 186 Å². The molecule has 0 bridgehead atoms. The lowest BCUT2D eigenvalue weighted by Crippen LogP contribution is -2.39. The number of amides is 6. The van der Waals surface area contributed by atoms with E-state index in [0.717, 1.165) is 57.7 Å². The summed E-state index contributed by atoms with van der Waals surface area (Å²) < 4.78 is 155. The lowest BCUT2D eigenvalue weighted by Gasteiger charge is -2.18. The number of aromatic nitrogens is 2. The fourth-order valence-corrected chi connectivity index (χ4v) is 11.8. The third kappa shape index (κ3) is 26.6. The summed E-state index contributed by atoms with van der Waals surface area (Å²) in [6.45, 7) is 7.37. The molecule has 2 heterocycles. The largest absolute Gasteiger partial charge is 0.416 e. The SMILES string of the molecule is Cc1c(S(=O)c2ccc(C#N)cc2)cc(C(=O)NCCOCCOCCOCCOCCNC(=O)NCCCCNC(=O)NCCOCCOCCOCCOCCNC(=O)c2cc(S(=O)c3ccc(C#N)cc3)c(C)n(-c3cccc(C(F)(F)F)c3)c2=O)c(=O)n1-c1cccc(C(F)(F)F)c1. The number of nitrogens with one attached hydrogen (secondary N) is 6. The maximum Gasteiger partial charge on any atom is 0.416 e. The number of halogens is 6. The van der Waals surface area contributed by atoms with Gasteiger partial charge in [-0.3, -0.25) is 28.3 Å². The van der Waals surface area contributed by atoms with Gasteiger partial charge in [-0.15, -0.1) is 0 Å². The Morgan fingerprint density at radius 2 is 0.696 bits per heavy atom. The fraction of sp³-hybridized carbons (Fsp3) is 0.412. The molecule has 2 atom stereocenters. The van der Waals surface area contributed by atoms with Crippen molar-refractivity contribution < 1.29 is 91.8 Å². The normalized spacial score (nSPS) is 12.0. The van der Waals surface area contributed by atoms with Crippen LogP contribution in [0.25, 0.3) is 11.4 Å². The van der Waals surface area contributed by atoms with E-state index in [9.17, 15) is 74.1 Å². The molecule has 6 rings (SSSR count). The first-order valence-corrected chi connectivity index (χ1v) is 34.3. The minimum atomic E-state index is -4.73. The Balaban J connectivity index is 0.699. The van der Waals surface area contributed by atoms with Crippen molar-refractivity contribution in [2.45, 2.75) is 58.6 Å². The molecule has 0 radical (unpaired) electrons. The van der Waals surface area contributed by atoms with Crippen LogP contribution in [0.3, 0.4) is 0 Å². The van der Waals surface area contributed by atoms with E-state index in [1.54, 1.807) is 0 Å². The van der Waals surface area contributed by atoms with Crippen LogP contribution in [0, 0.1) is 36.5 Å². The highest BCUT2D eigenvalue weighted by molar-refractivity contribution is 7.85. The van der Waals surface area contributed by atoms with Crippen molar-refractivity contribution in [3.05, 3.63) is 175 Å². The number of carbonyl (C=O) groups excluding carboxylic acids is 4. The van der Waals surface area contributed by atoms with Crippen molar-refractivity contribution in [1.29, 1.82) is 10.5 Å². The molecular formula is C68H78F6N10O16S2. The maximum absolute atomic E-state index is 13.8. The summed E-state index contributed by atoms with van der Waals surface area (Å²) in [5, 5.41) is 34.3. The zero-order valence-corrected chi connectivity index (χ0v) is 57.4. The van der Waals surface area contributed by atoms with Crippen molar-refractivity contribution in [3.63, 3.8) is 0 Å². The Morgan fingerprint density at radius 1 is 0.412 bits per heavy atom. The lowest BCUT2D eigenvalue weighted by molar-refractivity contribution is -0.138. The molecular weight excluding hydrogens is 1390 g/mol. The second kappa shape index (κ2) is 42.9. The van der Waals surface area contributed by atoms with Gasteiger partial charge >= 0.3 is 24.4 Å². The molecule has 34 heteroatoms. The van der Waals surface area contributed by atoms with E-state index in [4.69, 9.17) is 37.9 Å². The van der Waals surface area contributed by atoms with Crippen molar-refractivity contribution in [2.75, 3.05) is 145 Å². The first-order chi connectivity index (χ1) is 49.0. The quantitative estimate of drug-likeness (QED) is 0.0178. The number of benzene rings is 4. The van der Waals surface area contributed by atoms with Gasteiger partial charge in [-0.25, -0.2) is 18.0 Å². The van der Waals surface area contributed by atoms with E-state index >= 15 is 0 Å². The molecule has 0 aliphatic carbocycles. The van der Waals surface area contributed by atoms with Crippen molar-refractivity contribution in [3.8, 4) is 23.5 Å². The molecule has 0 spiro atoms. The van der Waals surface area contributed by atoms with Crippen LogP contribution in [0.15, 0.2) is 138 Å². The van der Waals surface area contributed by atoms with Gasteiger partial charge < -0.3 is 69.8 Å². The number of pyridine rings is 2. The van der Waals surface area contributed by atoms with Crippen molar-refractivity contribution >= 4 is 45.5 Å². The minimum absolute atomic E-state index is 0.00312. The van der Waals surface area contributed by atoms with E-state index in [0.29, 0.717) is 37.1 Å². The summed E-state index contributed by atoms with van der Waals surface area (Å²) in [6.07, 6.45) is -8.23. The van der Waals surface area contributed by atoms with Crippen LogP contribution in [-0.2, 0) is 71.8 Å². The highest BCUT2D eigenvalue weighted by atomic mass is 32.2. The second-order valence-electron chi connectivity index (χ2n) is 21.7. The molecule has 0 saturated heterocycles. The molecule has 0 saturated carbocycles. The van der Waals surface area contributed by atoms with Crippen LogP contribution < -0.4 is 43.0 Å². The van der Waals surface area contributed by atoms with Gasteiger partial charge in [-0.05, 0) is 124 Å². The number of rotatable bonds is 43. The van der Waals surface area contributed by atoms with E-state index in [1.807, 2.05) is 12.1 Å². The average Bonchev–Trinajstić information content (AvgIpc) is 0.771. The van der Waals surface area contributed by atoms with Crippen molar-refractivity contribution in [2.24, 2.45) is 0 Å². The number of hydrogen-bond acceptors (Lipinski definition) is 18. The number of alkyl halides is 6. The van der Waals surface area contributed by atoms with Gasteiger partial charge in [-0.2, -0.15) is 36.9 Å². The van der Waals surface area contributed by atoms with Gasteiger partial charge in [0.25, 0.3) is 22.9 Å². The van der Waals surface area contributed by atoms with Crippen LogP contribution in [0.4, 0.5) is 35.9 Å². The van der Waals surface area contributed by atoms with E-state index in [1.165, 1.54) is 74.5 Å².